The Kier molecular flexibility index (Phi) is 5.52. The van der Waals surface area contributed by atoms with Gasteiger partial charge in [0.05, 0.1) is 7.11 Å². The summed E-state index contributed by atoms with van der Waals surface area (Å²) in [5.74, 6) is -0.383. The summed E-state index contributed by atoms with van der Waals surface area (Å²) in [4.78, 5) is 22.0. The number of primary amides is 1. The molecule has 2 aromatic carbocycles. The fraction of sp³-hybridized carbons (Fsp3) is 0.111. The molecule has 0 spiro atoms. The first kappa shape index (κ1) is 16.3. The van der Waals surface area contributed by atoms with E-state index in [0.29, 0.717) is 5.75 Å². The van der Waals surface area contributed by atoms with Crippen LogP contribution in [0.3, 0.4) is 0 Å². The lowest BCUT2D eigenvalue weighted by Crippen LogP contribution is -2.05. The third-order valence-corrected chi connectivity index (χ3v) is 3.14. The summed E-state index contributed by atoms with van der Waals surface area (Å²) < 4.78 is 10.2. The predicted molar refractivity (Wildman–Crippen MR) is 88.8 cm³/mol. The largest absolute Gasteiger partial charge is 0.489 e. The molecule has 0 aliphatic heterocycles. The SMILES string of the molecule is COC(=O)/C=C/COc1ccc2ccccc2c1/C=C/C(N)=O. The van der Waals surface area contributed by atoms with E-state index in [1.807, 2.05) is 36.4 Å². The lowest BCUT2D eigenvalue weighted by Gasteiger charge is -2.10. The number of carbonyl (C=O) groups is 2. The van der Waals surface area contributed by atoms with Crippen molar-refractivity contribution in [2.45, 2.75) is 0 Å². The molecule has 0 unspecified atom stereocenters. The quantitative estimate of drug-likeness (QED) is 0.656. The van der Waals surface area contributed by atoms with E-state index in [2.05, 4.69) is 4.74 Å². The highest BCUT2D eigenvalue weighted by atomic mass is 16.5. The van der Waals surface area contributed by atoms with Crippen LogP contribution in [0.2, 0.25) is 0 Å². The Hall–Kier alpha value is -3.08. The average Bonchev–Trinajstić information content (AvgIpc) is 2.56. The first-order valence-corrected chi connectivity index (χ1v) is 6.98. The summed E-state index contributed by atoms with van der Waals surface area (Å²) in [7, 11) is 1.31. The van der Waals surface area contributed by atoms with Crippen molar-refractivity contribution in [2.24, 2.45) is 5.73 Å². The van der Waals surface area contributed by atoms with Crippen molar-refractivity contribution in [3.63, 3.8) is 0 Å². The topological polar surface area (TPSA) is 78.6 Å². The van der Waals surface area contributed by atoms with Crippen molar-refractivity contribution in [3.8, 4) is 5.75 Å². The zero-order valence-electron chi connectivity index (χ0n) is 12.7. The van der Waals surface area contributed by atoms with Gasteiger partial charge in [0.2, 0.25) is 5.91 Å². The lowest BCUT2D eigenvalue weighted by atomic mass is 10.0. The summed E-state index contributed by atoms with van der Waals surface area (Å²) in [6, 6.07) is 11.5. The van der Waals surface area contributed by atoms with Crippen molar-refractivity contribution in [1.82, 2.24) is 0 Å². The number of esters is 1. The van der Waals surface area contributed by atoms with Gasteiger partial charge in [-0.2, -0.15) is 0 Å². The van der Waals surface area contributed by atoms with E-state index in [9.17, 15) is 9.59 Å². The molecule has 0 radical (unpaired) electrons. The van der Waals surface area contributed by atoms with Crippen molar-refractivity contribution < 1.29 is 19.1 Å². The van der Waals surface area contributed by atoms with Crippen LogP contribution in [0.25, 0.3) is 16.8 Å². The van der Waals surface area contributed by atoms with Crippen LogP contribution in [0.4, 0.5) is 0 Å². The molecule has 0 fully saturated rings. The molecule has 5 nitrogen and oxygen atoms in total. The fourth-order valence-corrected chi connectivity index (χ4v) is 2.09. The maximum atomic E-state index is 11.0. The molecular formula is C18H17NO4. The molecule has 0 aromatic heterocycles. The summed E-state index contributed by atoms with van der Waals surface area (Å²) in [5.41, 5.74) is 5.93. The Bertz CT molecular complexity index is 778. The highest BCUT2D eigenvalue weighted by Gasteiger charge is 2.06. The second-order valence-electron chi connectivity index (χ2n) is 4.67. The normalized spacial score (nSPS) is 11.2. The molecule has 5 heteroatoms. The number of carbonyl (C=O) groups excluding carboxylic acids is 2. The summed E-state index contributed by atoms with van der Waals surface area (Å²) >= 11 is 0. The minimum Gasteiger partial charge on any atom is -0.489 e. The van der Waals surface area contributed by atoms with Gasteiger partial charge in [-0.15, -0.1) is 0 Å². The van der Waals surface area contributed by atoms with Crippen LogP contribution < -0.4 is 10.5 Å². The molecule has 0 atom stereocenters. The monoisotopic (exact) mass is 311 g/mol. The van der Waals surface area contributed by atoms with Crippen molar-refractivity contribution in [3.05, 3.63) is 60.2 Å². The maximum Gasteiger partial charge on any atom is 0.330 e. The van der Waals surface area contributed by atoms with Crippen molar-refractivity contribution in [2.75, 3.05) is 13.7 Å². The van der Waals surface area contributed by atoms with Gasteiger partial charge in [-0.05, 0) is 29.0 Å². The number of nitrogens with two attached hydrogens (primary N) is 1. The van der Waals surface area contributed by atoms with Gasteiger partial charge in [0.25, 0.3) is 0 Å². The second kappa shape index (κ2) is 7.79. The molecule has 0 heterocycles. The summed E-state index contributed by atoms with van der Waals surface area (Å²) in [6.07, 6.45) is 5.77. The second-order valence-corrected chi connectivity index (χ2v) is 4.67. The van der Waals surface area contributed by atoms with Crippen LogP contribution in [0.5, 0.6) is 5.75 Å². The van der Waals surface area contributed by atoms with Crippen molar-refractivity contribution >= 4 is 28.7 Å². The van der Waals surface area contributed by atoms with Gasteiger partial charge >= 0.3 is 5.97 Å². The molecule has 0 aliphatic carbocycles. The van der Waals surface area contributed by atoms with E-state index in [-0.39, 0.29) is 6.61 Å². The Morgan fingerprint density at radius 3 is 2.65 bits per heavy atom. The Morgan fingerprint density at radius 1 is 1.13 bits per heavy atom. The standard InChI is InChI=1S/C18H17NO4/c1-22-18(21)7-4-12-23-16-10-8-13-5-2-3-6-14(13)15(16)9-11-17(19)20/h2-11H,12H2,1H3,(H2,19,20)/b7-4+,11-9+. The van der Waals surface area contributed by atoms with E-state index >= 15 is 0 Å². The van der Waals surface area contributed by atoms with E-state index < -0.39 is 11.9 Å². The molecule has 0 bridgehead atoms. The lowest BCUT2D eigenvalue weighted by molar-refractivity contribution is -0.134. The maximum absolute atomic E-state index is 11.0. The first-order valence-electron chi connectivity index (χ1n) is 6.98. The number of benzene rings is 2. The molecule has 2 N–H and O–H groups in total. The van der Waals surface area contributed by atoms with Gasteiger partial charge in [0, 0.05) is 17.7 Å². The molecule has 2 aromatic rings. The van der Waals surface area contributed by atoms with Gasteiger partial charge in [0.15, 0.2) is 0 Å². The van der Waals surface area contributed by atoms with Gasteiger partial charge in [-0.25, -0.2) is 4.79 Å². The fourth-order valence-electron chi connectivity index (χ4n) is 2.09. The predicted octanol–water partition coefficient (Wildman–Crippen LogP) is 2.45. The number of hydrogen-bond acceptors (Lipinski definition) is 4. The average molecular weight is 311 g/mol. The van der Waals surface area contributed by atoms with Gasteiger partial charge in [-0.1, -0.05) is 30.3 Å². The Morgan fingerprint density at radius 2 is 1.91 bits per heavy atom. The van der Waals surface area contributed by atoms with E-state index in [1.165, 1.54) is 19.3 Å². The van der Waals surface area contributed by atoms with Crippen molar-refractivity contribution in [1.29, 1.82) is 0 Å². The highest BCUT2D eigenvalue weighted by molar-refractivity contribution is 5.97. The van der Waals surface area contributed by atoms with Crippen LogP contribution in [-0.4, -0.2) is 25.6 Å². The molecule has 0 saturated carbocycles. The minimum atomic E-state index is -0.533. The molecular weight excluding hydrogens is 294 g/mol. The van der Waals surface area contributed by atoms with Gasteiger partial charge < -0.3 is 15.2 Å². The molecule has 118 valence electrons. The van der Waals surface area contributed by atoms with Crippen LogP contribution >= 0.6 is 0 Å². The minimum absolute atomic E-state index is 0.199. The zero-order valence-corrected chi connectivity index (χ0v) is 12.7. The Balaban J connectivity index is 2.31. The summed E-state index contributed by atoms with van der Waals surface area (Å²) in [5, 5.41) is 1.97. The number of fused-ring (bicyclic) bond motifs is 1. The smallest absolute Gasteiger partial charge is 0.330 e. The van der Waals surface area contributed by atoms with Crippen LogP contribution in [0.15, 0.2) is 54.6 Å². The third kappa shape index (κ3) is 4.44. The first-order chi connectivity index (χ1) is 11.1. The van der Waals surface area contributed by atoms with Crippen LogP contribution in [0, 0.1) is 0 Å². The molecule has 1 amide bonds. The molecule has 0 saturated heterocycles. The number of hydrogen-bond donors (Lipinski definition) is 1. The zero-order chi connectivity index (χ0) is 16.7. The molecule has 0 aliphatic rings. The van der Waals surface area contributed by atoms with Gasteiger partial charge in [0.1, 0.15) is 12.4 Å². The van der Waals surface area contributed by atoms with Crippen LogP contribution in [-0.2, 0) is 14.3 Å². The number of ether oxygens (including phenoxy) is 2. The van der Waals surface area contributed by atoms with E-state index in [1.54, 1.807) is 12.2 Å². The van der Waals surface area contributed by atoms with E-state index in [4.69, 9.17) is 10.5 Å². The summed E-state index contributed by atoms with van der Waals surface area (Å²) in [6.45, 7) is 0.199. The third-order valence-electron chi connectivity index (χ3n) is 3.14. The van der Waals surface area contributed by atoms with E-state index in [0.717, 1.165) is 16.3 Å². The number of amides is 1. The highest BCUT2D eigenvalue weighted by Crippen LogP contribution is 2.29. The molecule has 23 heavy (non-hydrogen) atoms. The van der Waals surface area contributed by atoms with Crippen LogP contribution in [0.1, 0.15) is 5.56 Å². The number of rotatable bonds is 6. The Labute approximate surface area is 134 Å². The van der Waals surface area contributed by atoms with Gasteiger partial charge in [-0.3, -0.25) is 4.79 Å². The molecule has 2 rings (SSSR count). The number of methoxy groups -OCH3 is 1.